The summed E-state index contributed by atoms with van der Waals surface area (Å²) in [5, 5.41) is 2.87. The molecule has 3 rings (SSSR count). The van der Waals surface area contributed by atoms with Crippen molar-refractivity contribution in [2.75, 3.05) is 34.5 Å². The first-order valence-electron chi connectivity index (χ1n) is 9.83. The van der Waals surface area contributed by atoms with E-state index in [4.69, 9.17) is 18.9 Å². The molecule has 1 aliphatic heterocycles. The molecule has 0 spiro atoms. The summed E-state index contributed by atoms with van der Waals surface area (Å²) in [7, 11) is 4.75. The quantitative estimate of drug-likeness (QED) is 0.652. The van der Waals surface area contributed by atoms with Crippen molar-refractivity contribution in [2.24, 2.45) is 0 Å². The Morgan fingerprint density at radius 3 is 2.06 bits per heavy atom. The minimum Gasteiger partial charge on any atom is -0.497 e. The number of amides is 2. The second-order valence-electron chi connectivity index (χ2n) is 6.76. The fourth-order valence-corrected chi connectivity index (χ4v) is 3.25. The maximum absolute atomic E-state index is 12.9. The normalized spacial score (nSPS) is 15.9. The van der Waals surface area contributed by atoms with Crippen molar-refractivity contribution in [1.29, 1.82) is 0 Å². The number of nitrogens with zero attached hydrogens (tertiary/aromatic N) is 1. The highest BCUT2D eigenvalue weighted by molar-refractivity contribution is 5.95. The lowest BCUT2D eigenvalue weighted by molar-refractivity contribution is -0.139. The van der Waals surface area contributed by atoms with Crippen LogP contribution in [0.5, 0.6) is 17.2 Å². The second kappa shape index (κ2) is 9.88. The van der Waals surface area contributed by atoms with E-state index in [1.807, 2.05) is 0 Å². The lowest BCUT2D eigenvalue weighted by Gasteiger charge is -2.34. The third-order valence-electron chi connectivity index (χ3n) is 4.96. The summed E-state index contributed by atoms with van der Waals surface area (Å²) in [5.41, 5.74) is 1.48. The van der Waals surface area contributed by atoms with Crippen LogP contribution in [0.1, 0.15) is 18.5 Å². The minimum absolute atomic E-state index is 0.0110. The van der Waals surface area contributed by atoms with E-state index in [9.17, 15) is 9.59 Å². The lowest BCUT2D eigenvalue weighted by atomic mass is 9.94. The Bertz CT molecular complexity index is 953. The van der Waals surface area contributed by atoms with Gasteiger partial charge in [0.15, 0.2) is 0 Å². The van der Waals surface area contributed by atoms with Crippen LogP contribution in [-0.2, 0) is 9.53 Å². The predicted octanol–water partition coefficient (Wildman–Crippen LogP) is 3.30. The Labute approximate surface area is 181 Å². The molecule has 1 N–H and O–H groups in total. The minimum atomic E-state index is -0.678. The molecule has 2 aromatic rings. The third kappa shape index (κ3) is 4.91. The Hall–Kier alpha value is -3.68. The van der Waals surface area contributed by atoms with Crippen molar-refractivity contribution in [3.63, 3.8) is 0 Å². The molecule has 8 nitrogen and oxygen atoms in total. The first-order valence-corrected chi connectivity index (χ1v) is 9.83. The SMILES string of the molecule is CCOC(=O)C1=C(COc2ccc(OC)cc2)N(C)C(=O)N[C@H]1c1ccc(OC)cc1. The van der Waals surface area contributed by atoms with Crippen molar-refractivity contribution >= 4 is 12.0 Å². The van der Waals surface area contributed by atoms with Gasteiger partial charge in [0.05, 0.1) is 38.1 Å². The van der Waals surface area contributed by atoms with Gasteiger partial charge in [0.25, 0.3) is 0 Å². The van der Waals surface area contributed by atoms with Gasteiger partial charge in [-0.3, -0.25) is 4.90 Å². The molecule has 1 heterocycles. The summed E-state index contributed by atoms with van der Waals surface area (Å²) in [6.07, 6.45) is 0. The van der Waals surface area contributed by atoms with Crippen molar-refractivity contribution < 1.29 is 28.5 Å². The van der Waals surface area contributed by atoms with Crippen LogP contribution in [0.4, 0.5) is 4.79 Å². The number of carbonyl (C=O) groups excluding carboxylic acids is 2. The maximum Gasteiger partial charge on any atom is 0.338 e. The average Bonchev–Trinajstić information content (AvgIpc) is 2.80. The highest BCUT2D eigenvalue weighted by Crippen LogP contribution is 2.32. The highest BCUT2D eigenvalue weighted by Gasteiger charge is 2.37. The molecule has 0 bridgehead atoms. The zero-order chi connectivity index (χ0) is 22.4. The Morgan fingerprint density at radius 2 is 1.52 bits per heavy atom. The fraction of sp³-hybridized carbons (Fsp3) is 0.304. The Morgan fingerprint density at radius 1 is 0.968 bits per heavy atom. The third-order valence-corrected chi connectivity index (χ3v) is 4.96. The van der Waals surface area contributed by atoms with E-state index in [2.05, 4.69) is 5.32 Å². The standard InChI is InChI=1S/C23H26N2O6/c1-5-30-22(26)20-19(14-31-18-12-10-17(29-4)11-13-18)25(2)23(27)24-21(20)15-6-8-16(28-3)9-7-15/h6-13,21H,5,14H2,1-4H3,(H,24,27)/t21-/m0/s1. The number of methoxy groups -OCH3 is 2. The molecule has 0 saturated heterocycles. The van der Waals surface area contributed by atoms with E-state index in [0.29, 0.717) is 28.5 Å². The van der Waals surface area contributed by atoms with Crippen LogP contribution in [-0.4, -0.2) is 51.4 Å². The number of hydrogen-bond acceptors (Lipinski definition) is 6. The number of nitrogens with one attached hydrogen (secondary N) is 1. The van der Waals surface area contributed by atoms with Gasteiger partial charge in [0.2, 0.25) is 0 Å². The van der Waals surface area contributed by atoms with Crippen molar-refractivity contribution in [3.05, 3.63) is 65.4 Å². The highest BCUT2D eigenvalue weighted by atomic mass is 16.5. The molecule has 0 aliphatic carbocycles. The molecule has 0 fully saturated rings. The van der Waals surface area contributed by atoms with Gasteiger partial charge in [-0.25, -0.2) is 9.59 Å². The Kier molecular flexibility index (Phi) is 7.02. The van der Waals surface area contributed by atoms with Gasteiger partial charge in [-0.15, -0.1) is 0 Å². The molecule has 31 heavy (non-hydrogen) atoms. The number of hydrogen-bond donors (Lipinski definition) is 1. The molecule has 1 aliphatic rings. The smallest absolute Gasteiger partial charge is 0.338 e. The van der Waals surface area contributed by atoms with Crippen LogP contribution in [0.25, 0.3) is 0 Å². The Balaban J connectivity index is 1.98. The maximum atomic E-state index is 12.9. The van der Waals surface area contributed by atoms with Crippen LogP contribution in [0, 0.1) is 0 Å². The molecule has 0 saturated carbocycles. The molecular weight excluding hydrogens is 400 g/mol. The van der Waals surface area contributed by atoms with Gasteiger partial charge in [0.1, 0.15) is 23.9 Å². The largest absolute Gasteiger partial charge is 0.497 e. The number of ether oxygens (including phenoxy) is 4. The van der Waals surface area contributed by atoms with Gasteiger partial charge in [-0.2, -0.15) is 0 Å². The van der Waals surface area contributed by atoms with Crippen LogP contribution >= 0.6 is 0 Å². The molecule has 0 unspecified atom stereocenters. The van der Waals surface area contributed by atoms with Crippen LogP contribution in [0.3, 0.4) is 0 Å². The van der Waals surface area contributed by atoms with Crippen LogP contribution in [0.15, 0.2) is 59.8 Å². The zero-order valence-corrected chi connectivity index (χ0v) is 18.0. The lowest BCUT2D eigenvalue weighted by Crippen LogP contribution is -2.48. The van der Waals surface area contributed by atoms with E-state index >= 15 is 0 Å². The fourth-order valence-electron chi connectivity index (χ4n) is 3.25. The molecule has 0 radical (unpaired) electrons. The van der Waals surface area contributed by atoms with Gasteiger partial charge in [-0.1, -0.05) is 12.1 Å². The summed E-state index contributed by atoms with van der Waals surface area (Å²) in [6.45, 7) is 1.96. The van der Waals surface area contributed by atoms with Crippen LogP contribution in [0.2, 0.25) is 0 Å². The van der Waals surface area contributed by atoms with E-state index in [-0.39, 0.29) is 19.2 Å². The molecule has 0 aromatic heterocycles. The summed E-state index contributed by atoms with van der Waals surface area (Å²) in [5.74, 6) is 1.45. The van der Waals surface area contributed by atoms with Crippen molar-refractivity contribution in [1.82, 2.24) is 10.2 Å². The summed E-state index contributed by atoms with van der Waals surface area (Å²) >= 11 is 0. The average molecular weight is 426 g/mol. The number of likely N-dealkylation sites (N-methyl/N-ethyl adjacent to an activating group) is 1. The van der Waals surface area contributed by atoms with Crippen molar-refractivity contribution in [3.8, 4) is 17.2 Å². The monoisotopic (exact) mass is 426 g/mol. The van der Waals surface area contributed by atoms with Crippen LogP contribution < -0.4 is 19.5 Å². The summed E-state index contributed by atoms with van der Waals surface area (Å²) in [4.78, 5) is 26.9. The first-order chi connectivity index (χ1) is 15.0. The van der Waals surface area contributed by atoms with E-state index in [0.717, 1.165) is 5.56 Å². The topological polar surface area (TPSA) is 86.3 Å². The van der Waals surface area contributed by atoms with Crippen molar-refractivity contribution in [2.45, 2.75) is 13.0 Å². The molecular formula is C23H26N2O6. The van der Waals surface area contributed by atoms with Gasteiger partial charge in [-0.05, 0) is 48.9 Å². The number of rotatable bonds is 8. The molecule has 8 heteroatoms. The summed E-state index contributed by atoms with van der Waals surface area (Å²) in [6, 6.07) is 13.2. The number of urea groups is 1. The molecule has 164 valence electrons. The molecule has 2 amide bonds. The summed E-state index contributed by atoms with van der Waals surface area (Å²) < 4.78 is 21.5. The number of esters is 1. The molecule has 2 aromatic carbocycles. The van der Waals surface area contributed by atoms with Gasteiger partial charge in [0, 0.05) is 7.05 Å². The number of carbonyl (C=O) groups is 2. The second-order valence-corrected chi connectivity index (χ2v) is 6.76. The first kappa shape index (κ1) is 22.0. The number of benzene rings is 2. The zero-order valence-electron chi connectivity index (χ0n) is 18.0. The van der Waals surface area contributed by atoms with E-state index in [1.165, 1.54) is 4.90 Å². The van der Waals surface area contributed by atoms with E-state index in [1.54, 1.807) is 76.7 Å². The van der Waals surface area contributed by atoms with E-state index < -0.39 is 12.0 Å². The predicted molar refractivity (Wildman–Crippen MR) is 114 cm³/mol. The van der Waals surface area contributed by atoms with Gasteiger partial charge < -0.3 is 24.3 Å². The van der Waals surface area contributed by atoms with Gasteiger partial charge >= 0.3 is 12.0 Å². The molecule has 1 atom stereocenters.